The minimum Gasteiger partial charge on any atom is -0.361 e. The lowest BCUT2D eigenvalue weighted by molar-refractivity contribution is 0.242. The van der Waals surface area contributed by atoms with Gasteiger partial charge in [0.05, 0.1) is 11.3 Å². The van der Waals surface area contributed by atoms with E-state index in [-0.39, 0.29) is 5.56 Å². The van der Waals surface area contributed by atoms with Crippen molar-refractivity contribution in [1.29, 1.82) is 0 Å². The summed E-state index contributed by atoms with van der Waals surface area (Å²) in [6, 6.07) is 16.3. The molecule has 0 bridgehead atoms. The Morgan fingerprint density at radius 1 is 1.14 bits per heavy atom. The highest BCUT2D eigenvalue weighted by Gasteiger charge is 2.22. The van der Waals surface area contributed by atoms with Crippen molar-refractivity contribution < 1.29 is 0 Å². The zero-order valence-electron chi connectivity index (χ0n) is 15.8. The van der Waals surface area contributed by atoms with Crippen molar-refractivity contribution in [2.75, 3.05) is 6.54 Å². The van der Waals surface area contributed by atoms with E-state index in [1.165, 1.54) is 16.5 Å². The van der Waals surface area contributed by atoms with E-state index < -0.39 is 0 Å². The van der Waals surface area contributed by atoms with Crippen molar-refractivity contribution >= 4 is 10.9 Å². The van der Waals surface area contributed by atoms with Crippen molar-refractivity contribution in [3.8, 4) is 11.4 Å². The van der Waals surface area contributed by atoms with E-state index in [1.54, 1.807) is 0 Å². The first-order chi connectivity index (χ1) is 13.7. The summed E-state index contributed by atoms with van der Waals surface area (Å²) in [4.78, 5) is 26.1. The van der Waals surface area contributed by atoms with Gasteiger partial charge in [-0.25, -0.2) is 4.98 Å². The minimum absolute atomic E-state index is 0.0247. The Bertz CT molecular complexity index is 1210. The second kappa shape index (κ2) is 6.77. The Morgan fingerprint density at radius 2 is 2.00 bits per heavy atom. The standard InChI is InChI=1S/C23H22N4O/c1-15-7-8-20-18(11-15)17(12-24-20)13-27-10-9-21-19(14-27)23(28)26-22(25-21)16-5-3-2-4-6-16/h2-8,11-12,24H,9-10,13-14H2,1H3,(H,25,26,28). The first-order valence-electron chi connectivity index (χ1n) is 9.64. The smallest absolute Gasteiger partial charge is 0.255 e. The molecule has 2 aromatic carbocycles. The molecule has 0 saturated heterocycles. The molecule has 0 atom stereocenters. The van der Waals surface area contributed by atoms with Gasteiger partial charge in [0.1, 0.15) is 5.82 Å². The molecule has 3 heterocycles. The van der Waals surface area contributed by atoms with Gasteiger partial charge in [-0.3, -0.25) is 9.69 Å². The predicted molar refractivity (Wildman–Crippen MR) is 111 cm³/mol. The Kier molecular flexibility index (Phi) is 4.10. The molecule has 0 fully saturated rings. The summed E-state index contributed by atoms with van der Waals surface area (Å²) in [7, 11) is 0. The van der Waals surface area contributed by atoms with E-state index in [9.17, 15) is 4.79 Å². The Morgan fingerprint density at radius 3 is 2.86 bits per heavy atom. The summed E-state index contributed by atoms with van der Waals surface area (Å²) in [6.45, 7) is 4.47. The maximum absolute atomic E-state index is 12.7. The highest BCUT2D eigenvalue weighted by Crippen LogP contribution is 2.24. The van der Waals surface area contributed by atoms with Gasteiger partial charge in [-0.05, 0) is 24.6 Å². The number of aromatic amines is 2. The molecule has 0 radical (unpaired) electrons. The summed E-state index contributed by atoms with van der Waals surface area (Å²) in [5.74, 6) is 0.657. The average molecular weight is 370 g/mol. The fraction of sp³-hybridized carbons (Fsp3) is 0.217. The summed E-state index contributed by atoms with van der Waals surface area (Å²) >= 11 is 0. The first kappa shape index (κ1) is 17.0. The molecule has 0 saturated carbocycles. The molecule has 28 heavy (non-hydrogen) atoms. The van der Waals surface area contributed by atoms with Crippen LogP contribution in [0.3, 0.4) is 0 Å². The third kappa shape index (κ3) is 3.04. The van der Waals surface area contributed by atoms with Gasteiger partial charge in [0, 0.05) is 48.7 Å². The minimum atomic E-state index is -0.0247. The van der Waals surface area contributed by atoms with Crippen LogP contribution in [0.5, 0.6) is 0 Å². The maximum Gasteiger partial charge on any atom is 0.255 e. The van der Waals surface area contributed by atoms with Crippen molar-refractivity contribution in [3.05, 3.63) is 87.5 Å². The van der Waals surface area contributed by atoms with Gasteiger partial charge in [0.25, 0.3) is 5.56 Å². The zero-order chi connectivity index (χ0) is 19.1. The summed E-state index contributed by atoms with van der Waals surface area (Å²) in [6.07, 6.45) is 2.88. The summed E-state index contributed by atoms with van der Waals surface area (Å²) in [5.41, 5.74) is 6.32. The van der Waals surface area contributed by atoms with E-state index in [0.717, 1.165) is 41.8 Å². The summed E-state index contributed by atoms with van der Waals surface area (Å²) < 4.78 is 0. The summed E-state index contributed by atoms with van der Waals surface area (Å²) in [5, 5.41) is 1.26. The number of fused-ring (bicyclic) bond motifs is 2. The van der Waals surface area contributed by atoms with Crippen LogP contribution >= 0.6 is 0 Å². The Hall–Kier alpha value is -3.18. The number of rotatable bonds is 3. The Balaban J connectivity index is 1.42. The lowest BCUT2D eigenvalue weighted by Crippen LogP contribution is -2.35. The second-order valence-corrected chi connectivity index (χ2v) is 7.53. The quantitative estimate of drug-likeness (QED) is 0.577. The topological polar surface area (TPSA) is 64.8 Å². The maximum atomic E-state index is 12.7. The molecule has 0 amide bonds. The van der Waals surface area contributed by atoms with Gasteiger partial charge >= 0.3 is 0 Å². The molecule has 1 aliphatic heterocycles. The third-order valence-corrected chi connectivity index (χ3v) is 5.51. The van der Waals surface area contributed by atoms with Gasteiger partial charge in [0.15, 0.2) is 0 Å². The van der Waals surface area contributed by atoms with E-state index in [2.05, 4.69) is 46.2 Å². The van der Waals surface area contributed by atoms with Crippen LogP contribution in [0.4, 0.5) is 0 Å². The van der Waals surface area contributed by atoms with Crippen LogP contribution in [0.2, 0.25) is 0 Å². The number of nitrogens with zero attached hydrogens (tertiary/aromatic N) is 2. The van der Waals surface area contributed by atoms with Crippen molar-refractivity contribution in [1.82, 2.24) is 19.9 Å². The fourth-order valence-corrected chi connectivity index (χ4v) is 4.01. The van der Waals surface area contributed by atoms with E-state index in [1.807, 2.05) is 30.3 Å². The molecule has 5 nitrogen and oxygen atoms in total. The number of nitrogens with one attached hydrogen (secondary N) is 2. The predicted octanol–water partition coefficient (Wildman–Crippen LogP) is 3.78. The molecular weight excluding hydrogens is 348 g/mol. The number of hydrogen-bond donors (Lipinski definition) is 2. The lowest BCUT2D eigenvalue weighted by Gasteiger charge is -2.27. The van der Waals surface area contributed by atoms with Crippen LogP contribution in [0, 0.1) is 6.92 Å². The highest BCUT2D eigenvalue weighted by molar-refractivity contribution is 5.83. The second-order valence-electron chi connectivity index (χ2n) is 7.53. The number of aromatic nitrogens is 3. The largest absolute Gasteiger partial charge is 0.361 e. The number of H-pyrrole nitrogens is 2. The SMILES string of the molecule is Cc1ccc2[nH]cc(CN3CCc4nc(-c5ccccc5)[nH]c(=O)c4C3)c2c1. The van der Waals surface area contributed by atoms with E-state index in [4.69, 9.17) is 4.98 Å². The molecule has 0 spiro atoms. The molecule has 5 rings (SSSR count). The zero-order valence-corrected chi connectivity index (χ0v) is 15.8. The highest BCUT2D eigenvalue weighted by atomic mass is 16.1. The lowest BCUT2D eigenvalue weighted by atomic mass is 10.0. The van der Waals surface area contributed by atoms with Crippen LogP contribution in [-0.4, -0.2) is 26.4 Å². The number of hydrogen-bond acceptors (Lipinski definition) is 3. The molecule has 0 unspecified atom stereocenters. The van der Waals surface area contributed by atoms with Crippen molar-refractivity contribution in [2.45, 2.75) is 26.4 Å². The van der Waals surface area contributed by atoms with Gasteiger partial charge < -0.3 is 9.97 Å². The first-order valence-corrected chi connectivity index (χ1v) is 9.64. The molecule has 1 aliphatic rings. The van der Waals surface area contributed by atoms with Crippen LogP contribution in [0.1, 0.15) is 22.4 Å². The van der Waals surface area contributed by atoms with Crippen molar-refractivity contribution in [2.24, 2.45) is 0 Å². The molecule has 0 aliphatic carbocycles. The molecule has 5 heteroatoms. The monoisotopic (exact) mass is 370 g/mol. The molecule has 2 N–H and O–H groups in total. The van der Waals surface area contributed by atoms with Gasteiger partial charge in [-0.1, -0.05) is 42.0 Å². The van der Waals surface area contributed by atoms with Crippen LogP contribution in [0.25, 0.3) is 22.3 Å². The fourth-order valence-electron chi connectivity index (χ4n) is 4.01. The number of aryl methyl sites for hydroxylation is 1. The van der Waals surface area contributed by atoms with Gasteiger partial charge in [-0.2, -0.15) is 0 Å². The molecular formula is C23H22N4O. The Labute approximate surface area is 163 Å². The van der Waals surface area contributed by atoms with Gasteiger partial charge in [-0.15, -0.1) is 0 Å². The molecule has 4 aromatic rings. The van der Waals surface area contributed by atoms with Crippen LogP contribution < -0.4 is 5.56 Å². The molecule has 140 valence electrons. The van der Waals surface area contributed by atoms with Gasteiger partial charge in [0.2, 0.25) is 0 Å². The van der Waals surface area contributed by atoms with Crippen molar-refractivity contribution in [3.63, 3.8) is 0 Å². The van der Waals surface area contributed by atoms with Crippen LogP contribution in [-0.2, 0) is 19.5 Å². The van der Waals surface area contributed by atoms with E-state index >= 15 is 0 Å². The average Bonchev–Trinajstić information content (AvgIpc) is 3.11. The normalized spacial score (nSPS) is 14.3. The third-order valence-electron chi connectivity index (χ3n) is 5.51. The molecule has 2 aromatic heterocycles. The number of benzene rings is 2. The van der Waals surface area contributed by atoms with E-state index in [0.29, 0.717) is 12.4 Å². The van der Waals surface area contributed by atoms with Crippen LogP contribution in [0.15, 0.2) is 59.5 Å².